The standard InChI is InChI=1S/C14H24N2O4/c1-3-14(12(17)18)5-7-16(8-6-14)13(19)15(2)11-4-9-20-10-11/h11H,3-10H2,1-2H3,(H,17,18). The molecule has 2 aliphatic rings. The van der Waals surface area contributed by atoms with Gasteiger partial charge in [-0.05, 0) is 25.7 Å². The molecular formula is C14H24N2O4. The molecule has 0 aliphatic carbocycles. The lowest BCUT2D eigenvalue weighted by molar-refractivity contribution is -0.152. The van der Waals surface area contributed by atoms with Crippen LogP contribution >= 0.6 is 0 Å². The lowest BCUT2D eigenvalue weighted by Crippen LogP contribution is -2.52. The van der Waals surface area contributed by atoms with Gasteiger partial charge in [-0.1, -0.05) is 6.92 Å². The fourth-order valence-corrected chi connectivity index (χ4v) is 3.05. The Bertz CT molecular complexity index is 371. The summed E-state index contributed by atoms with van der Waals surface area (Å²) in [7, 11) is 1.81. The highest BCUT2D eigenvalue weighted by Crippen LogP contribution is 2.35. The Morgan fingerprint density at radius 3 is 2.50 bits per heavy atom. The normalized spacial score (nSPS) is 25.5. The molecule has 2 amide bonds. The van der Waals surface area contributed by atoms with E-state index in [4.69, 9.17) is 4.74 Å². The van der Waals surface area contributed by atoms with Crippen molar-refractivity contribution in [1.29, 1.82) is 0 Å². The molecule has 2 saturated heterocycles. The minimum absolute atomic E-state index is 0.00408. The molecule has 6 heteroatoms. The number of piperidine rings is 1. The fraction of sp³-hybridized carbons (Fsp3) is 0.857. The van der Waals surface area contributed by atoms with Gasteiger partial charge in [-0.2, -0.15) is 0 Å². The minimum Gasteiger partial charge on any atom is -0.481 e. The van der Waals surface area contributed by atoms with Crippen molar-refractivity contribution >= 4 is 12.0 Å². The summed E-state index contributed by atoms with van der Waals surface area (Å²) in [5, 5.41) is 9.37. The third kappa shape index (κ3) is 2.75. The maximum atomic E-state index is 12.4. The van der Waals surface area contributed by atoms with Gasteiger partial charge in [-0.3, -0.25) is 4.79 Å². The number of carboxylic acid groups (broad SMARTS) is 1. The van der Waals surface area contributed by atoms with Crippen LogP contribution in [0.5, 0.6) is 0 Å². The van der Waals surface area contributed by atoms with Crippen LogP contribution in [-0.4, -0.2) is 66.3 Å². The van der Waals surface area contributed by atoms with Gasteiger partial charge < -0.3 is 19.6 Å². The van der Waals surface area contributed by atoms with Crippen molar-refractivity contribution in [3.05, 3.63) is 0 Å². The monoisotopic (exact) mass is 284 g/mol. The molecule has 0 radical (unpaired) electrons. The van der Waals surface area contributed by atoms with E-state index < -0.39 is 11.4 Å². The number of rotatable bonds is 3. The van der Waals surface area contributed by atoms with Crippen LogP contribution in [0.15, 0.2) is 0 Å². The number of carbonyl (C=O) groups is 2. The first-order valence-corrected chi connectivity index (χ1v) is 7.33. The molecule has 0 aromatic carbocycles. The average molecular weight is 284 g/mol. The van der Waals surface area contributed by atoms with Crippen molar-refractivity contribution in [3.63, 3.8) is 0 Å². The molecule has 0 saturated carbocycles. The molecule has 0 aromatic rings. The lowest BCUT2D eigenvalue weighted by atomic mass is 9.76. The van der Waals surface area contributed by atoms with Gasteiger partial charge in [-0.15, -0.1) is 0 Å². The molecule has 1 atom stereocenters. The Morgan fingerprint density at radius 1 is 1.40 bits per heavy atom. The summed E-state index contributed by atoms with van der Waals surface area (Å²) in [6.07, 6.45) is 2.58. The van der Waals surface area contributed by atoms with Crippen LogP contribution < -0.4 is 0 Å². The lowest BCUT2D eigenvalue weighted by Gasteiger charge is -2.40. The minimum atomic E-state index is -0.732. The molecule has 114 valence electrons. The summed E-state index contributed by atoms with van der Waals surface area (Å²) >= 11 is 0. The smallest absolute Gasteiger partial charge is 0.320 e. The number of hydrogen-bond acceptors (Lipinski definition) is 3. The van der Waals surface area contributed by atoms with E-state index in [1.807, 2.05) is 6.92 Å². The van der Waals surface area contributed by atoms with Crippen LogP contribution in [0, 0.1) is 5.41 Å². The molecule has 1 N–H and O–H groups in total. The van der Waals surface area contributed by atoms with Crippen LogP contribution in [0.25, 0.3) is 0 Å². The highest BCUT2D eigenvalue weighted by molar-refractivity contribution is 5.77. The second-order valence-electron chi connectivity index (χ2n) is 5.84. The number of urea groups is 1. The molecule has 20 heavy (non-hydrogen) atoms. The second kappa shape index (κ2) is 5.99. The fourth-order valence-electron chi connectivity index (χ4n) is 3.05. The molecule has 0 bridgehead atoms. The van der Waals surface area contributed by atoms with Crippen LogP contribution in [0.3, 0.4) is 0 Å². The van der Waals surface area contributed by atoms with E-state index in [9.17, 15) is 14.7 Å². The Balaban J connectivity index is 1.92. The molecule has 0 spiro atoms. The maximum absolute atomic E-state index is 12.4. The number of likely N-dealkylation sites (N-methyl/N-ethyl adjacent to an activating group) is 1. The first-order chi connectivity index (χ1) is 9.50. The van der Waals surface area contributed by atoms with Crippen molar-refractivity contribution in [2.45, 2.75) is 38.6 Å². The van der Waals surface area contributed by atoms with Crippen molar-refractivity contribution in [2.24, 2.45) is 5.41 Å². The quantitative estimate of drug-likeness (QED) is 0.850. The van der Waals surface area contributed by atoms with Gasteiger partial charge in [0.05, 0.1) is 18.1 Å². The van der Waals surface area contributed by atoms with Crippen molar-refractivity contribution in [1.82, 2.24) is 9.80 Å². The van der Waals surface area contributed by atoms with Crippen LogP contribution in [-0.2, 0) is 9.53 Å². The van der Waals surface area contributed by atoms with Gasteiger partial charge in [0.1, 0.15) is 0 Å². The molecule has 0 aromatic heterocycles. The first kappa shape index (κ1) is 15.1. The van der Waals surface area contributed by atoms with E-state index in [2.05, 4.69) is 0 Å². The Hall–Kier alpha value is -1.30. The Kier molecular flexibility index (Phi) is 4.52. The number of amides is 2. The van der Waals surface area contributed by atoms with Gasteiger partial charge in [-0.25, -0.2) is 4.79 Å². The molecule has 2 rings (SSSR count). The summed E-state index contributed by atoms with van der Waals surface area (Å²) in [6, 6.07) is 0.149. The molecule has 2 heterocycles. The zero-order valence-electron chi connectivity index (χ0n) is 12.3. The number of hydrogen-bond donors (Lipinski definition) is 1. The SMILES string of the molecule is CCC1(C(=O)O)CCN(C(=O)N(C)C2CCOC2)CC1. The number of aliphatic carboxylic acids is 1. The molecule has 1 unspecified atom stereocenters. The van der Waals surface area contributed by atoms with Gasteiger partial charge in [0.2, 0.25) is 0 Å². The van der Waals surface area contributed by atoms with E-state index in [0.29, 0.717) is 45.6 Å². The van der Waals surface area contributed by atoms with Crippen LogP contribution in [0.1, 0.15) is 32.6 Å². The largest absolute Gasteiger partial charge is 0.481 e. The van der Waals surface area contributed by atoms with Crippen molar-refractivity contribution in [3.8, 4) is 0 Å². The van der Waals surface area contributed by atoms with E-state index in [-0.39, 0.29) is 12.1 Å². The zero-order valence-corrected chi connectivity index (χ0v) is 12.3. The van der Waals surface area contributed by atoms with Gasteiger partial charge in [0.25, 0.3) is 0 Å². The maximum Gasteiger partial charge on any atom is 0.320 e. The predicted molar refractivity (Wildman–Crippen MR) is 73.5 cm³/mol. The topological polar surface area (TPSA) is 70.1 Å². The number of carbonyl (C=O) groups excluding carboxylic acids is 1. The predicted octanol–water partition coefficient (Wildman–Crippen LogP) is 1.40. The van der Waals surface area contributed by atoms with Crippen molar-refractivity contribution in [2.75, 3.05) is 33.4 Å². The van der Waals surface area contributed by atoms with Gasteiger partial charge in [0.15, 0.2) is 0 Å². The second-order valence-corrected chi connectivity index (χ2v) is 5.84. The van der Waals surface area contributed by atoms with Crippen molar-refractivity contribution < 1.29 is 19.4 Å². The molecule has 2 fully saturated rings. The van der Waals surface area contributed by atoms with E-state index in [0.717, 1.165) is 6.42 Å². The van der Waals surface area contributed by atoms with Crippen LogP contribution in [0.2, 0.25) is 0 Å². The zero-order chi connectivity index (χ0) is 14.8. The van der Waals surface area contributed by atoms with Gasteiger partial charge >= 0.3 is 12.0 Å². The number of ether oxygens (including phenoxy) is 1. The summed E-state index contributed by atoms with van der Waals surface area (Å²) < 4.78 is 5.31. The van der Waals surface area contributed by atoms with E-state index >= 15 is 0 Å². The highest BCUT2D eigenvalue weighted by Gasteiger charge is 2.41. The summed E-state index contributed by atoms with van der Waals surface area (Å²) in [5.74, 6) is -0.732. The highest BCUT2D eigenvalue weighted by atomic mass is 16.5. The number of nitrogens with zero attached hydrogens (tertiary/aromatic N) is 2. The molecule has 2 aliphatic heterocycles. The molecular weight excluding hydrogens is 260 g/mol. The van der Waals surface area contributed by atoms with E-state index in [1.54, 1.807) is 16.8 Å². The summed E-state index contributed by atoms with van der Waals surface area (Å²) in [6.45, 7) is 4.27. The van der Waals surface area contributed by atoms with E-state index in [1.165, 1.54) is 0 Å². The average Bonchev–Trinajstić information content (AvgIpc) is 2.99. The molecule has 6 nitrogen and oxygen atoms in total. The summed E-state index contributed by atoms with van der Waals surface area (Å²) in [4.78, 5) is 27.3. The Labute approximate surface area is 119 Å². The first-order valence-electron chi connectivity index (χ1n) is 7.33. The Morgan fingerprint density at radius 2 is 2.05 bits per heavy atom. The number of likely N-dealkylation sites (tertiary alicyclic amines) is 1. The van der Waals surface area contributed by atoms with Crippen LogP contribution in [0.4, 0.5) is 4.79 Å². The summed E-state index contributed by atoms with van der Waals surface area (Å²) in [5.41, 5.74) is -0.647. The third-order valence-electron chi connectivity index (χ3n) is 4.88. The third-order valence-corrected chi connectivity index (χ3v) is 4.88. The van der Waals surface area contributed by atoms with Gasteiger partial charge in [0, 0.05) is 26.7 Å². The number of carboxylic acids is 1.